The molecule has 88 valence electrons. The van der Waals surface area contributed by atoms with E-state index in [1.54, 1.807) is 11.3 Å². The van der Waals surface area contributed by atoms with E-state index in [1.165, 1.54) is 18.4 Å². The molecule has 0 atom stereocenters. The van der Waals surface area contributed by atoms with Gasteiger partial charge >= 0.3 is 5.97 Å². The largest absolute Gasteiger partial charge is 0.481 e. The van der Waals surface area contributed by atoms with Crippen LogP contribution in [-0.4, -0.2) is 28.6 Å². The third-order valence-corrected chi connectivity index (χ3v) is 3.60. The van der Waals surface area contributed by atoms with Crippen LogP contribution in [0.2, 0.25) is 0 Å². The van der Waals surface area contributed by atoms with Gasteiger partial charge in [0, 0.05) is 19.0 Å². The highest BCUT2D eigenvalue weighted by Gasteiger charge is 2.28. The van der Waals surface area contributed by atoms with Crippen molar-refractivity contribution < 1.29 is 9.90 Å². The standard InChI is InChI=1S/C12H17NO2S/c14-12(15)2-1-6-13(11-3-4-11)8-10-5-7-16-9-10/h5,7,9,11H,1-4,6,8H2,(H,14,15). The third-order valence-electron chi connectivity index (χ3n) is 2.87. The Kier molecular flexibility index (Phi) is 3.96. The minimum absolute atomic E-state index is 0.285. The molecule has 0 aliphatic heterocycles. The summed E-state index contributed by atoms with van der Waals surface area (Å²) in [5, 5.41) is 12.9. The van der Waals surface area contributed by atoms with Gasteiger partial charge in [0.25, 0.3) is 0 Å². The van der Waals surface area contributed by atoms with Gasteiger partial charge < -0.3 is 5.11 Å². The third kappa shape index (κ3) is 3.61. The van der Waals surface area contributed by atoms with E-state index in [0.29, 0.717) is 6.04 Å². The summed E-state index contributed by atoms with van der Waals surface area (Å²) in [4.78, 5) is 12.9. The number of hydrogen-bond acceptors (Lipinski definition) is 3. The normalized spacial score (nSPS) is 15.6. The number of nitrogens with zero attached hydrogens (tertiary/aromatic N) is 1. The minimum Gasteiger partial charge on any atom is -0.481 e. The molecule has 0 amide bonds. The predicted octanol–water partition coefficient (Wildman–Crippen LogP) is 2.58. The molecule has 1 fully saturated rings. The molecule has 0 unspecified atom stereocenters. The molecular weight excluding hydrogens is 222 g/mol. The number of rotatable bonds is 7. The Morgan fingerprint density at radius 3 is 2.94 bits per heavy atom. The molecule has 0 saturated heterocycles. The van der Waals surface area contributed by atoms with Crippen molar-refractivity contribution >= 4 is 17.3 Å². The van der Waals surface area contributed by atoms with Crippen LogP contribution >= 0.6 is 11.3 Å². The van der Waals surface area contributed by atoms with Crippen molar-refractivity contribution in [3.8, 4) is 0 Å². The second-order valence-corrected chi connectivity index (χ2v) is 5.11. The summed E-state index contributed by atoms with van der Waals surface area (Å²) in [5.74, 6) is -0.689. The van der Waals surface area contributed by atoms with Gasteiger partial charge in [-0.05, 0) is 48.2 Å². The second-order valence-electron chi connectivity index (χ2n) is 4.33. The van der Waals surface area contributed by atoms with Crippen LogP contribution in [0, 0.1) is 0 Å². The van der Waals surface area contributed by atoms with Crippen LogP contribution in [-0.2, 0) is 11.3 Å². The smallest absolute Gasteiger partial charge is 0.303 e. The quantitative estimate of drug-likeness (QED) is 0.795. The van der Waals surface area contributed by atoms with Gasteiger partial charge in [-0.1, -0.05) is 0 Å². The first-order valence-corrected chi connectivity index (χ1v) is 6.67. The molecule has 0 radical (unpaired) electrons. The number of carboxylic acids is 1. The molecule has 1 N–H and O–H groups in total. The van der Waals surface area contributed by atoms with Crippen molar-refractivity contribution in [1.29, 1.82) is 0 Å². The maximum Gasteiger partial charge on any atom is 0.303 e. The Balaban J connectivity index is 1.78. The van der Waals surface area contributed by atoms with E-state index in [9.17, 15) is 4.79 Å². The van der Waals surface area contributed by atoms with Crippen LogP contribution < -0.4 is 0 Å². The molecule has 1 aromatic rings. The van der Waals surface area contributed by atoms with E-state index in [4.69, 9.17) is 5.11 Å². The molecule has 0 aromatic carbocycles. The first-order chi connectivity index (χ1) is 7.75. The number of thiophene rings is 1. The zero-order valence-corrected chi connectivity index (χ0v) is 10.1. The maximum absolute atomic E-state index is 10.5. The van der Waals surface area contributed by atoms with Crippen LogP contribution in [0.1, 0.15) is 31.2 Å². The van der Waals surface area contributed by atoms with Crippen LogP contribution in [0.15, 0.2) is 16.8 Å². The Bertz CT molecular complexity index is 333. The topological polar surface area (TPSA) is 40.5 Å². The van der Waals surface area contributed by atoms with Crippen molar-refractivity contribution in [3.63, 3.8) is 0 Å². The average Bonchev–Trinajstić information content (AvgIpc) is 2.96. The van der Waals surface area contributed by atoms with Gasteiger partial charge in [-0.3, -0.25) is 9.69 Å². The number of carbonyl (C=O) groups is 1. The van der Waals surface area contributed by atoms with Gasteiger partial charge in [0.05, 0.1) is 0 Å². The summed E-state index contributed by atoms with van der Waals surface area (Å²) in [7, 11) is 0. The molecule has 1 aliphatic carbocycles. The first-order valence-electron chi connectivity index (χ1n) is 5.72. The van der Waals surface area contributed by atoms with Crippen LogP contribution in [0.25, 0.3) is 0 Å². The second kappa shape index (κ2) is 5.46. The Hall–Kier alpha value is -0.870. The van der Waals surface area contributed by atoms with Crippen molar-refractivity contribution in [2.75, 3.05) is 6.54 Å². The Morgan fingerprint density at radius 1 is 1.56 bits per heavy atom. The molecule has 0 spiro atoms. The van der Waals surface area contributed by atoms with E-state index in [1.807, 2.05) is 0 Å². The number of hydrogen-bond donors (Lipinski definition) is 1. The summed E-state index contributed by atoms with van der Waals surface area (Å²) in [6, 6.07) is 2.85. The fourth-order valence-electron chi connectivity index (χ4n) is 1.88. The zero-order chi connectivity index (χ0) is 11.4. The van der Waals surface area contributed by atoms with Gasteiger partial charge in [0.15, 0.2) is 0 Å². The summed E-state index contributed by atoms with van der Waals surface area (Å²) in [6.07, 6.45) is 3.59. The van der Waals surface area contributed by atoms with Crippen LogP contribution in [0.3, 0.4) is 0 Å². The molecule has 1 saturated carbocycles. The van der Waals surface area contributed by atoms with Crippen LogP contribution in [0.4, 0.5) is 0 Å². The molecule has 0 bridgehead atoms. The SMILES string of the molecule is O=C(O)CCCN(Cc1ccsc1)C1CC1. The predicted molar refractivity (Wildman–Crippen MR) is 64.6 cm³/mol. The summed E-state index contributed by atoms with van der Waals surface area (Å²) < 4.78 is 0. The first kappa shape index (κ1) is 11.6. The average molecular weight is 239 g/mol. The highest BCUT2D eigenvalue weighted by atomic mass is 32.1. The Labute approximate surface area is 99.7 Å². The molecule has 2 rings (SSSR count). The van der Waals surface area contributed by atoms with E-state index < -0.39 is 5.97 Å². The molecular formula is C12H17NO2S. The lowest BCUT2D eigenvalue weighted by molar-refractivity contribution is -0.137. The molecule has 1 aromatic heterocycles. The van der Waals surface area contributed by atoms with Gasteiger partial charge in [-0.2, -0.15) is 11.3 Å². The zero-order valence-electron chi connectivity index (χ0n) is 9.26. The van der Waals surface area contributed by atoms with Crippen molar-refractivity contribution in [2.24, 2.45) is 0 Å². The monoisotopic (exact) mass is 239 g/mol. The Morgan fingerprint density at radius 2 is 2.38 bits per heavy atom. The lowest BCUT2D eigenvalue weighted by Crippen LogP contribution is -2.26. The highest BCUT2D eigenvalue weighted by Crippen LogP contribution is 2.28. The molecule has 1 aliphatic rings. The fraction of sp³-hybridized carbons (Fsp3) is 0.583. The molecule has 1 heterocycles. The fourth-order valence-corrected chi connectivity index (χ4v) is 2.54. The van der Waals surface area contributed by atoms with Gasteiger partial charge in [-0.25, -0.2) is 0 Å². The van der Waals surface area contributed by atoms with Crippen molar-refractivity contribution in [2.45, 2.75) is 38.3 Å². The van der Waals surface area contributed by atoms with Gasteiger partial charge in [0.1, 0.15) is 0 Å². The van der Waals surface area contributed by atoms with E-state index >= 15 is 0 Å². The summed E-state index contributed by atoms with van der Waals surface area (Å²) >= 11 is 1.72. The minimum atomic E-state index is -0.689. The van der Waals surface area contributed by atoms with Gasteiger partial charge in [0.2, 0.25) is 0 Å². The maximum atomic E-state index is 10.5. The van der Waals surface area contributed by atoms with E-state index in [0.717, 1.165) is 19.5 Å². The summed E-state index contributed by atoms with van der Waals surface area (Å²) in [5.41, 5.74) is 1.35. The lowest BCUT2D eigenvalue weighted by atomic mass is 10.2. The molecule has 16 heavy (non-hydrogen) atoms. The highest BCUT2D eigenvalue weighted by molar-refractivity contribution is 7.07. The number of aliphatic carboxylic acids is 1. The van der Waals surface area contributed by atoms with Gasteiger partial charge in [-0.15, -0.1) is 0 Å². The summed E-state index contributed by atoms with van der Waals surface area (Å²) in [6.45, 7) is 1.89. The van der Waals surface area contributed by atoms with Crippen LogP contribution in [0.5, 0.6) is 0 Å². The van der Waals surface area contributed by atoms with Crippen molar-refractivity contribution in [1.82, 2.24) is 4.90 Å². The number of carboxylic acid groups (broad SMARTS) is 1. The molecule has 4 heteroatoms. The van der Waals surface area contributed by atoms with Crippen molar-refractivity contribution in [3.05, 3.63) is 22.4 Å². The van der Waals surface area contributed by atoms with E-state index in [2.05, 4.69) is 21.7 Å². The van der Waals surface area contributed by atoms with E-state index in [-0.39, 0.29) is 6.42 Å². The molecule has 3 nitrogen and oxygen atoms in total. The lowest BCUT2D eigenvalue weighted by Gasteiger charge is -2.20.